The van der Waals surface area contributed by atoms with Gasteiger partial charge in [0.15, 0.2) is 41.6 Å². The fourth-order valence-electron chi connectivity index (χ4n) is 18.3. The number of aliphatic carboxylic acids is 1. The van der Waals surface area contributed by atoms with Crippen LogP contribution in [0.5, 0.6) is 57.5 Å². The Morgan fingerprint density at radius 2 is 1.08 bits per heavy atom. The van der Waals surface area contributed by atoms with Gasteiger partial charge < -0.3 is 168 Å². The number of carbonyl (C=O) groups is 9. The van der Waals surface area contributed by atoms with Crippen LogP contribution in [0.2, 0.25) is 10.0 Å². The monoisotopic (exact) mass is 1970 g/mol. The summed E-state index contributed by atoms with van der Waals surface area (Å²) in [7, 11) is 0. The van der Waals surface area contributed by atoms with E-state index in [2.05, 4.69) is 54.8 Å². The van der Waals surface area contributed by atoms with Crippen LogP contribution in [0.4, 0.5) is 0 Å². The molecule has 746 valence electrons. The Kier molecular flexibility index (Phi) is 31.9. The van der Waals surface area contributed by atoms with E-state index in [1.54, 1.807) is 0 Å². The highest BCUT2D eigenvalue weighted by atomic mass is 35.5. The van der Waals surface area contributed by atoms with Gasteiger partial charge in [-0.2, -0.15) is 0 Å². The molecule has 42 nitrogen and oxygen atoms in total. The van der Waals surface area contributed by atoms with Crippen molar-refractivity contribution in [2.75, 3.05) is 26.3 Å². The molecule has 7 aromatic carbocycles. The van der Waals surface area contributed by atoms with E-state index in [4.69, 9.17) is 71.6 Å². The van der Waals surface area contributed by atoms with Gasteiger partial charge in [0.05, 0.1) is 23.3 Å². The lowest BCUT2D eigenvalue weighted by atomic mass is 9.90. The van der Waals surface area contributed by atoms with Crippen LogP contribution in [0.1, 0.15) is 184 Å². The summed E-state index contributed by atoms with van der Waals surface area (Å²) >= 11 is 14.9. The Morgan fingerprint density at radius 1 is 0.511 bits per heavy atom. The third-order valence-electron chi connectivity index (χ3n) is 25.7. The molecular formula is C95H110Cl2N10O32. The number of hydrogen-bond donors (Lipinski definition) is 24. The van der Waals surface area contributed by atoms with Gasteiger partial charge in [0.25, 0.3) is 0 Å². The van der Waals surface area contributed by atoms with Crippen LogP contribution in [0, 0.1) is 0 Å². The third kappa shape index (κ3) is 21.9. The number of ether oxygens (including phenoxy) is 9. The number of carboxylic acids is 1. The van der Waals surface area contributed by atoms with Crippen molar-refractivity contribution >= 4 is 76.4 Å². The number of hydrogen-bond acceptors (Lipinski definition) is 33. The predicted molar refractivity (Wildman–Crippen MR) is 485 cm³/mol. The van der Waals surface area contributed by atoms with Gasteiger partial charge in [-0.05, 0) is 148 Å². The maximum atomic E-state index is 17.2. The molecule has 24 atom stereocenters. The molecule has 8 amide bonds. The first-order valence-electron chi connectivity index (χ1n) is 45.7. The number of rotatable bonds is 26. The van der Waals surface area contributed by atoms with E-state index in [9.17, 15) is 90.7 Å². The largest absolute Gasteiger partial charge is 0.508 e. The zero-order valence-electron chi connectivity index (χ0n) is 75.2. The number of aliphatic hydroxyl groups excluding tert-OH is 9. The number of halogens is 2. The van der Waals surface area contributed by atoms with E-state index in [1.807, 2.05) is 6.92 Å². The SMILES string of the molecule is CCCCCCCCNC[C@H]1O[C@@H](Oc2c3cc4cc2Oc2ccc(cc2Cl)[C@@H](O[C@@H]2O[C@H](CO)[C@@H](O)[C@H](O)[C@H]2NC(C)=O)[C@@H]2NC(=O)[C@H](NC(=O)[C@@H]4NC(=O)[C@H]4NC(=O)[C@@H](Cc5ccc(c(Cl)c5)O3)NC(=O)[C@H](N)c3ccc(O)c(c3)Oc3cc(O)cc4c3)c3ccc4c(c3)-c3c(cc(O)cc3C4(O)O[C@H]3O[C@H](CO)[C@@H](O)[C@H](O)[C@@H]3O)[C@@H](C(=O)O)NC2=O)[C@H](NC(=O)CCCCCCC)[C@@H](O)[C@@H]1O. The van der Waals surface area contributed by atoms with Gasteiger partial charge in [0.1, 0.15) is 144 Å². The fraction of sp³-hybridized carbons (Fsp3) is 0.463. The zero-order valence-corrected chi connectivity index (χ0v) is 76.7. The summed E-state index contributed by atoms with van der Waals surface area (Å²) in [4.78, 5) is 140. The molecule has 0 aromatic heterocycles. The van der Waals surface area contributed by atoms with E-state index in [0.29, 0.717) is 25.8 Å². The summed E-state index contributed by atoms with van der Waals surface area (Å²) in [6.45, 7) is 3.26. The van der Waals surface area contributed by atoms with Gasteiger partial charge in [-0.15, -0.1) is 0 Å². The molecule has 9 heterocycles. The molecule has 3 fully saturated rings. The number of unbranched alkanes of at least 4 members (excludes halogenated alkanes) is 9. The molecule has 0 spiro atoms. The Balaban J connectivity index is 0.988. The second-order valence-electron chi connectivity index (χ2n) is 35.5. The zero-order chi connectivity index (χ0) is 99.4. The second kappa shape index (κ2) is 43.6. The predicted octanol–water partition coefficient (Wildman–Crippen LogP) is 2.78. The quantitative estimate of drug-likeness (QED) is 0.0274. The number of phenols is 3. The number of amides is 8. The van der Waals surface area contributed by atoms with E-state index >= 15 is 24.0 Å². The van der Waals surface area contributed by atoms with E-state index in [0.717, 1.165) is 143 Å². The first kappa shape index (κ1) is 102. The number of aromatic hydroxyl groups is 3. The first-order valence-corrected chi connectivity index (χ1v) is 46.5. The summed E-state index contributed by atoms with van der Waals surface area (Å²) in [5.41, 5.74) is 2.62. The highest BCUT2D eigenvalue weighted by molar-refractivity contribution is 6.32. The van der Waals surface area contributed by atoms with Gasteiger partial charge in [-0.1, -0.05) is 125 Å². The fourth-order valence-corrected chi connectivity index (χ4v) is 18.8. The smallest absolute Gasteiger partial charge is 0.330 e. The summed E-state index contributed by atoms with van der Waals surface area (Å²) < 4.78 is 58.8. The van der Waals surface area contributed by atoms with Crippen molar-refractivity contribution in [3.05, 3.63) is 175 Å². The summed E-state index contributed by atoms with van der Waals surface area (Å²) in [5.74, 6) is -20.2. The van der Waals surface area contributed by atoms with Gasteiger partial charge >= 0.3 is 5.97 Å². The van der Waals surface area contributed by atoms with E-state index in [1.165, 1.54) is 30.3 Å². The van der Waals surface area contributed by atoms with Crippen molar-refractivity contribution in [2.24, 2.45) is 5.73 Å². The second-order valence-corrected chi connectivity index (χ2v) is 36.3. The third-order valence-corrected chi connectivity index (χ3v) is 26.3. The molecule has 7 aromatic rings. The number of fused-ring (bicyclic) bond motifs is 11. The minimum absolute atomic E-state index is 0.0405. The summed E-state index contributed by atoms with van der Waals surface area (Å²) in [5, 5.41) is 186. The van der Waals surface area contributed by atoms with Crippen LogP contribution in [0.25, 0.3) is 11.1 Å². The minimum Gasteiger partial charge on any atom is -0.508 e. The van der Waals surface area contributed by atoms with Crippen LogP contribution < -0.4 is 72.5 Å². The molecule has 10 aliphatic rings. The van der Waals surface area contributed by atoms with Crippen molar-refractivity contribution in [3.8, 4) is 68.6 Å². The molecule has 3 saturated heterocycles. The number of aliphatic hydroxyl groups is 10. The highest BCUT2D eigenvalue weighted by Crippen LogP contribution is 2.55. The lowest BCUT2D eigenvalue weighted by Gasteiger charge is -2.44. The molecule has 44 heteroatoms. The molecule has 139 heavy (non-hydrogen) atoms. The van der Waals surface area contributed by atoms with E-state index < -0.39 is 298 Å². The molecule has 0 radical (unpaired) electrons. The molecule has 17 bridgehead atoms. The lowest BCUT2D eigenvalue weighted by molar-refractivity contribution is -0.355. The Labute approximate surface area is 804 Å². The number of carboxylic acid groups (broad SMARTS) is 1. The van der Waals surface area contributed by atoms with Crippen LogP contribution in [-0.2, 0) is 79.0 Å². The van der Waals surface area contributed by atoms with Gasteiger partial charge in [-0.3, -0.25) is 38.4 Å². The Hall–Kier alpha value is -11.7. The standard InChI is InChI=1S/C95H110Cl2N10O32/c1-4-6-8-10-12-14-24-99-37-63-76(115)80(119)74(102-66(114)15-13-11-9-7-5-2)93(134-63)138-84-61-32-46-33-62(84)133-59-23-19-44(30-55(59)97)83(137-92-73(100-40(3)110)79(118)77(116)64(38-108)135-92)75-90(127)106-72(91(128)129)51-35-48(112)36-53-67(51)50-29-43(17-20-52(50)95(53,130)139-94-82(121)81(120)78(117)65(39-109)136-94)69(87(124)107-75)104-89(126)71(46)105-88(125)70-45-27-47(111)34-49(28-45)131-60-31-42(18-21-57(60)113)68(98)86(123)101-56(85(122)103-70)26-41-16-22-58(132-61)54(96)25-41/h16-23,25,27-36,56,63-65,68-83,92-94,99,108-109,111-113,115-121,130H,4-15,24,26,37-39,98H2,1-3H3,(H,100,110)(H,101,123)(H,102,114)(H,103,122)(H,104,126)(H,105,125)(H,106,127)(H,107,124)(H,128,129)/t56-,63-,64-,65-,68-,69-,70+,71-,72+,73-,74-,75+,76-,77-,78-,79-,80-,81+,82+,83-,92+,93+,94-,95?/m1/s1. The lowest BCUT2D eigenvalue weighted by Crippen LogP contribution is -2.66. The molecule has 9 aliphatic heterocycles. The minimum atomic E-state index is -3.17. The number of benzene rings is 7. The van der Waals surface area contributed by atoms with Crippen molar-refractivity contribution in [1.82, 2.24) is 47.9 Å². The summed E-state index contributed by atoms with van der Waals surface area (Å²) in [6, 6.07) is 2.18. The van der Waals surface area contributed by atoms with Crippen molar-refractivity contribution in [3.63, 3.8) is 0 Å². The van der Waals surface area contributed by atoms with Crippen LogP contribution >= 0.6 is 23.2 Å². The molecule has 17 rings (SSSR count). The number of nitrogens with one attached hydrogen (secondary N) is 9. The van der Waals surface area contributed by atoms with Crippen molar-refractivity contribution < 1.29 is 157 Å². The van der Waals surface area contributed by atoms with Gasteiger partial charge in [0, 0.05) is 43.5 Å². The molecule has 1 unspecified atom stereocenters. The van der Waals surface area contributed by atoms with Crippen LogP contribution in [-0.4, -0.2) is 255 Å². The Bertz CT molecular complexity index is 5790. The maximum absolute atomic E-state index is 17.2. The molecule has 0 saturated carbocycles. The average Bonchev–Trinajstić information content (AvgIpc) is 1.55. The van der Waals surface area contributed by atoms with E-state index in [-0.39, 0.29) is 63.1 Å². The van der Waals surface area contributed by atoms with Crippen LogP contribution in [0.3, 0.4) is 0 Å². The Morgan fingerprint density at radius 3 is 1.73 bits per heavy atom. The van der Waals surface area contributed by atoms with Crippen LogP contribution in [0.15, 0.2) is 115 Å². The highest BCUT2D eigenvalue weighted by Gasteiger charge is 2.56. The van der Waals surface area contributed by atoms with Crippen molar-refractivity contribution in [1.29, 1.82) is 0 Å². The average molecular weight is 1970 g/mol. The number of carbonyl (C=O) groups excluding carboxylic acids is 8. The van der Waals surface area contributed by atoms with Gasteiger partial charge in [0.2, 0.25) is 65.1 Å². The molecule has 1 aliphatic carbocycles. The first-order chi connectivity index (χ1) is 66.5. The topological polar surface area (TPSA) is 654 Å². The molecular weight excluding hydrogens is 1860 g/mol. The maximum Gasteiger partial charge on any atom is 0.330 e. The molecule has 25 N–H and O–H groups in total. The summed E-state index contributed by atoms with van der Waals surface area (Å²) in [6.07, 6.45) is -19.4. The number of nitrogens with two attached hydrogens (primary N) is 1. The van der Waals surface area contributed by atoms with Gasteiger partial charge in [-0.25, -0.2) is 4.79 Å². The van der Waals surface area contributed by atoms with Crippen molar-refractivity contribution in [2.45, 2.75) is 250 Å². The number of phenolic OH excluding ortho intramolecular Hbond substituents is 3. The normalized spacial score (nSPS) is 29.3.